The summed E-state index contributed by atoms with van der Waals surface area (Å²) in [4.78, 5) is 0.582. The molecule has 0 rings (SSSR count). The molecule has 0 aromatic heterocycles. The average Bonchev–Trinajstić information content (AvgIpc) is 2.37. The summed E-state index contributed by atoms with van der Waals surface area (Å²) in [5.74, 6) is 0.720. The third kappa shape index (κ3) is 9.83. The molecule has 0 aliphatic rings. The molecule has 5 heteroatoms. The van der Waals surface area contributed by atoms with Crippen molar-refractivity contribution in [3.63, 3.8) is 0 Å². The maximum Gasteiger partial charge on any atom is 0.132 e. The van der Waals surface area contributed by atoms with E-state index in [1.807, 2.05) is 13.0 Å². The Balaban J connectivity index is 4.64. The van der Waals surface area contributed by atoms with Crippen molar-refractivity contribution in [3.8, 4) is 0 Å². The molecule has 0 saturated heterocycles. The molecular formula is C17H24O4S. The summed E-state index contributed by atoms with van der Waals surface area (Å²) in [5.41, 5.74) is 1.07. The number of thioether (sulfide) groups is 1. The zero-order chi connectivity index (χ0) is 17.1. The highest BCUT2D eigenvalue weighted by Crippen LogP contribution is 2.23. The van der Waals surface area contributed by atoms with Gasteiger partial charge in [0.05, 0.1) is 11.5 Å². The van der Waals surface area contributed by atoms with Crippen molar-refractivity contribution in [2.24, 2.45) is 0 Å². The second kappa shape index (κ2) is 10.7. The van der Waals surface area contributed by atoms with Gasteiger partial charge < -0.3 is 20.4 Å². The van der Waals surface area contributed by atoms with Crippen molar-refractivity contribution in [3.05, 3.63) is 70.5 Å². The summed E-state index contributed by atoms with van der Waals surface area (Å²) in [6, 6.07) is 0. The molecule has 0 unspecified atom stereocenters. The van der Waals surface area contributed by atoms with Crippen LogP contribution in [0.3, 0.4) is 0 Å². The summed E-state index contributed by atoms with van der Waals surface area (Å²) in [7, 11) is 0. The fourth-order valence-electron chi connectivity index (χ4n) is 1.41. The Hall–Kier alpha value is -2.01. The molecule has 0 atom stereocenters. The van der Waals surface area contributed by atoms with E-state index >= 15 is 0 Å². The third-order valence-electron chi connectivity index (χ3n) is 2.39. The van der Waals surface area contributed by atoms with Crippen molar-refractivity contribution < 1.29 is 20.4 Å². The first-order valence-electron chi connectivity index (χ1n) is 6.74. The van der Waals surface area contributed by atoms with Crippen LogP contribution in [0.2, 0.25) is 0 Å². The lowest BCUT2D eigenvalue weighted by atomic mass is 10.2. The molecule has 0 amide bonds. The van der Waals surface area contributed by atoms with Crippen LogP contribution in [0.5, 0.6) is 0 Å². The lowest BCUT2D eigenvalue weighted by Gasteiger charge is -2.05. The average molecular weight is 324 g/mol. The van der Waals surface area contributed by atoms with Gasteiger partial charge in [-0.2, -0.15) is 0 Å². The largest absolute Gasteiger partial charge is 0.512 e. The van der Waals surface area contributed by atoms with E-state index in [1.54, 1.807) is 6.08 Å². The third-order valence-corrected chi connectivity index (χ3v) is 3.68. The fourth-order valence-corrected chi connectivity index (χ4v) is 2.24. The highest BCUT2D eigenvalue weighted by Gasteiger charge is 2.02. The van der Waals surface area contributed by atoms with E-state index < -0.39 is 0 Å². The van der Waals surface area contributed by atoms with Crippen LogP contribution in [0.25, 0.3) is 0 Å². The van der Waals surface area contributed by atoms with Crippen molar-refractivity contribution in [1.29, 1.82) is 0 Å². The Morgan fingerprint density at radius 1 is 0.955 bits per heavy atom. The first-order chi connectivity index (χ1) is 10.3. The van der Waals surface area contributed by atoms with Gasteiger partial charge in [0, 0.05) is 22.8 Å². The Labute approximate surface area is 136 Å². The molecule has 0 aromatic rings. The number of rotatable bonds is 8. The van der Waals surface area contributed by atoms with Crippen LogP contribution >= 0.6 is 11.8 Å². The molecule has 0 aromatic carbocycles. The van der Waals surface area contributed by atoms with Gasteiger partial charge in [-0.15, -0.1) is 11.8 Å². The van der Waals surface area contributed by atoms with E-state index in [9.17, 15) is 10.2 Å². The molecule has 122 valence electrons. The van der Waals surface area contributed by atoms with Crippen LogP contribution in [0.4, 0.5) is 0 Å². The number of aliphatic hydroxyl groups excluding tert-OH is 4. The van der Waals surface area contributed by atoms with Gasteiger partial charge >= 0.3 is 0 Å². The Bertz CT molecular complexity index is 529. The van der Waals surface area contributed by atoms with Crippen LogP contribution in [-0.2, 0) is 0 Å². The summed E-state index contributed by atoms with van der Waals surface area (Å²) in [5, 5.41) is 37.4. The number of hydrogen-bond donors (Lipinski definition) is 4. The molecule has 0 bridgehead atoms. The molecular weight excluding hydrogens is 300 g/mol. The van der Waals surface area contributed by atoms with E-state index in [-0.39, 0.29) is 23.0 Å². The van der Waals surface area contributed by atoms with Gasteiger partial charge in [0.2, 0.25) is 0 Å². The highest BCUT2D eigenvalue weighted by atomic mass is 32.2. The smallest absolute Gasteiger partial charge is 0.132 e. The monoisotopic (exact) mass is 324 g/mol. The van der Waals surface area contributed by atoms with Crippen LogP contribution in [0, 0.1) is 0 Å². The minimum Gasteiger partial charge on any atom is -0.512 e. The normalized spacial score (nSPS) is 15.6. The van der Waals surface area contributed by atoms with Crippen LogP contribution in [0.1, 0.15) is 27.2 Å². The number of aliphatic hydroxyl groups is 4. The van der Waals surface area contributed by atoms with E-state index in [0.29, 0.717) is 17.1 Å². The zero-order valence-corrected chi connectivity index (χ0v) is 14.0. The first kappa shape index (κ1) is 20.0. The zero-order valence-electron chi connectivity index (χ0n) is 13.2. The van der Waals surface area contributed by atoms with Crippen molar-refractivity contribution >= 4 is 11.8 Å². The predicted molar refractivity (Wildman–Crippen MR) is 94.2 cm³/mol. The minimum absolute atomic E-state index is 0.0181. The summed E-state index contributed by atoms with van der Waals surface area (Å²) >= 11 is 1.40. The molecule has 4 nitrogen and oxygen atoms in total. The minimum atomic E-state index is -0.0195. The molecule has 0 aliphatic carbocycles. The predicted octanol–water partition coefficient (Wildman–Crippen LogP) is 5.38. The van der Waals surface area contributed by atoms with Gasteiger partial charge in [0.25, 0.3) is 0 Å². The van der Waals surface area contributed by atoms with Crippen molar-refractivity contribution in [1.82, 2.24) is 0 Å². The SMILES string of the molecule is C=C/C(SC/C(C)=C/C/C=C(O)\C=C(/C)O)=C(O)\C=C(/C)O. The molecule has 0 heterocycles. The van der Waals surface area contributed by atoms with Crippen LogP contribution in [0.15, 0.2) is 70.5 Å². The van der Waals surface area contributed by atoms with Gasteiger partial charge in [0.1, 0.15) is 11.5 Å². The van der Waals surface area contributed by atoms with Crippen LogP contribution < -0.4 is 0 Å². The first-order valence-corrected chi connectivity index (χ1v) is 7.72. The maximum atomic E-state index is 9.78. The van der Waals surface area contributed by atoms with Crippen molar-refractivity contribution in [2.75, 3.05) is 5.75 Å². The lowest BCUT2D eigenvalue weighted by Crippen LogP contribution is -1.88. The van der Waals surface area contributed by atoms with Gasteiger partial charge in [-0.25, -0.2) is 0 Å². The lowest BCUT2D eigenvalue weighted by molar-refractivity contribution is 0.392. The second-order valence-electron chi connectivity index (χ2n) is 4.73. The number of allylic oxidation sites excluding steroid dienone is 7. The number of hydrogen-bond acceptors (Lipinski definition) is 5. The maximum absolute atomic E-state index is 9.78. The van der Waals surface area contributed by atoms with E-state index in [1.165, 1.54) is 43.8 Å². The van der Waals surface area contributed by atoms with Gasteiger partial charge in [-0.1, -0.05) is 24.3 Å². The fraction of sp³-hybridized carbons (Fsp3) is 0.294. The van der Waals surface area contributed by atoms with Crippen molar-refractivity contribution in [2.45, 2.75) is 27.2 Å². The Morgan fingerprint density at radius 3 is 2.05 bits per heavy atom. The van der Waals surface area contributed by atoms with E-state index in [2.05, 4.69) is 6.58 Å². The van der Waals surface area contributed by atoms with Gasteiger partial charge in [-0.3, -0.25) is 0 Å². The van der Waals surface area contributed by atoms with Gasteiger partial charge in [-0.05, 0) is 33.3 Å². The van der Waals surface area contributed by atoms with E-state index in [4.69, 9.17) is 10.2 Å². The summed E-state index contributed by atoms with van der Waals surface area (Å²) in [6.07, 6.45) is 8.15. The highest BCUT2D eigenvalue weighted by molar-refractivity contribution is 8.03. The van der Waals surface area contributed by atoms with E-state index in [0.717, 1.165) is 5.57 Å². The molecule has 0 fully saturated rings. The van der Waals surface area contributed by atoms with Gasteiger partial charge in [0.15, 0.2) is 0 Å². The topological polar surface area (TPSA) is 80.9 Å². The second-order valence-corrected chi connectivity index (χ2v) is 5.75. The molecule has 0 aliphatic heterocycles. The molecule has 0 radical (unpaired) electrons. The quantitative estimate of drug-likeness (QED) is 0.274. The molecule has 22 heavy (non-hydrogen) atoms. The molecule has 4 N–H and O–H groups in total. The molecule has 0 saturated carbocycles. The summed E-state index contributed by atoms with van der Waals surface area (Å²) in [6.45, 7) is 8.55. The Morgan fingerprint density at radius 2 is 1.55 bits per heavy atom. The summed E-state index contributed by atoms with van der Waals surface area (Å²) < 4.78 is 0. The molecule has 0 spiro atoms. The Kier molecular flexibility index (Phi) is 9.70. The standard InChI is InChI=1S/C17H24O4S/c1-5-17(16(21)10-14(4)19)22-11-12(2)7-6-8-15(20)9-13(3)18/h5,7-10,18-21H,1,6,11H2,2-4H3/b12-7+,13-9+,14-10+,15-8+,17-16-. The van der Waals surface area contributed by atoms with Crippen LogP contribution in [-0.4, -0.2) is 26.2 Å².